The molecule has 154 valence electrons. The zero-order valence-electron chi connectivity index (χ0n) is 17.2. The van der Waals surface area contributed by atoms with Crippen LogP contribution in [0.15, 0.2) is 36.5 Å². The van der Waals surface area contributed by atoms with Crippen molar-refractivity contribution >= 4 is 5.97 Å². The van der Waals surface area contributed by atoms with E-state index in [0.717, 1.165) is 37.7 Å². The molecule has 1 aliphatic carbocycles. The molecule has 0 aliphatic heterocycles. The molecular weight excluding hydrogens is 340 g/mol. The van der Waals surface area contributed by atoms with Crippen LogP contribution >= 0.6 is 0 Å². The van der Waals surface area contributed by atoms with E-state index >= 15 is 0 Å². The number of aliphatic hydroxyl groups is 2. The van der Waals surface area contributed by atoms with Crippen molar-refractivity contribution in [3.05, 3.63) is 36.5 Å². The summed E-state index contributed by atoms with van der Waals surface area (Å²) in [5.41, 5.74) is 0.874. The minimum atomic E-state index is -0.763. The molecule has 1 saturated carbocycles. The van der Waals surface area contributed by atoms with Crippen molar-refractivity contribution in [3.8, 4) is 0 Å². The number of carbonyl (C=O) groups is 1. The SMILES string of the molecule is C=C1C[C@H](O)[C@H](/C=C/[C@@H](O)C(C)(C)CCCC)[C@H]1C/C=C\CCCC(=O)O. The van der Waals surface area contributed by atoms with E-state index in [1.54, 1.807) is 0 Å². The summed E-state index contributed by atoms with van der Waals surface area (Å²) in [5.74, 6) is -0.628. The number of rotatable bonds is 12. The Balaban J connectivity index is 2.63. The fourth-order valence-corrected chi connectivity index (χ4v) is 3.69. The van der Waals surface area contributed by atoms with E-state index < -0.39 is 18.2 Å². The third kappa shape index (κ3) is 8.02. The molecule has 1 fully saturated rings. The Kier molecular flexibility index (Phi) is 10.0. The molecular formula is C23H38O4. The highest BCUT2D eigenvalue weighted by atomic mass is 16.4. The van der Waals surface area contributed by atoms with Gasteiger partial charge in [0, 0.05) is 12.3 Å². The maximum absolute atomic E-state index is 10.6. The van der Waals surface area contributed by atoms with Crippen LogP contribution in [0.25, 0.3) is 0 Å². The van der Waals surface area contributed by atoms with Crippen LogP contribution in [0, 0.1) is 17.3 Å². The molecule has 4 atom stereocenters. The predicted octanol–water partition coefficient (Wildman–Crippen LogP) is 4.87. The van der Waals surface area contributed by atoms with Crippen molar-refractivity contribution < 1.29 is 20.1 Å². The van der Waals surface area contributed by atoms with Crippen molar-refractivity contribution in [2.24, 2.45) is 17.3 Å². The summed E-state index contributed by atoms with van der Waals surface area (Å²) >= 11 is 0. The molecule has 0 aromatic rings. The molecule has 0 unspecified atom stereocenters. The smallest absolute Gasteiger partial charge is 0.303 e. The second-order valence-corrected chi connectivity index (χ2v) is 8.53. The topological polar surface area (TPSA) is 77.8 Å². The third-order valence-corrected chi connectivity index (χ3v) is 5.71. The van der Waals surface area contributed by atoms with Crippen molar-refractivity contribution in [1.29, 1.82) is 0 Å². The van der Waals surface area contributed by atoms with Crippen LogP contribution in [0.4, 0.5) is 0 Å². The van der Waals surface area contributed by atoms with Gasteiger partial charge in [0.2, 0.25) is 0 Å². The maximum atomic E-state index is 10.6. The normalized spacial score (nSPS) is 24.9. The maximum Gasteiger partial charge on any atom is 0.303 e. The zero-order valence-corrected chi connectivity index (χ0v) is 17.2. The van der Waals surface area contributed by atoms with Gasteiger partial charge in [-0.05, 0) is 43.4 Å². The first-order chi connectivity index (χ1) is 12.7. The minimum Gasteiger partial charge on any atom is -0.481 e. The van der Waals surface area contributed by atoms with Crippen LogP contribution in [0.3, 0.4) is 0 Å². The quantitative estimate of drug-likeness (QED) is 0.334. The Labute approximate surface area is 164 Å². The number of hydrogen-bond donors (Lipinski definition) is 3. The summed E-state index contributed by atoms with van der Waals surface area (Å²) in [5, 5.41) is 29.6. The summed E-state index contributed by atoms with van der Waals surface area (Å²) in [4.78, 5) is 10.5. The molecule has 0 amide bonds. The molecule has 1 aliphatic rings. The molecule has 0 heterocycles. The van der Waals surface area contributed by atoms with Gasteiger partial charge in [0.25, 0.3) is 0 Å². The average Bonchev–Trinajstić information content (AvgIpc) is 2.86. The van der Waals surface area contributed by atoms with E-state index in [0.29, 0.717) is 12.8 Å². The lowest BCUT2D eigenvalue weighted by Crippen LogP contribution is -2.28. The van der Waals surface area contributed by atoms with Gasteiger partial charge in [-0.1, -0.05) is 70.1 Å². The fourth-order valence-electron chi connectivity index (χ4n) is 3.69. The lowest BCUT2D eigenvalue weighted by atomic mass is 9.80. The second-order valence-electron chi connectivity index (χ2n) is 8.53. The highest BCUT2D eigenvalue weighted by molar-refractivity contribution is 5.66. The van der Waals surface area contributed by atoms with Crippen LogP contribution in [0.2, 0.25) is 0 Å². The standard InChI is InChI=1S/C23H38O4/c1-5-6-15-23(3,4)21(25)14-13-19-18(17(2)16-20(19)24)11-9-7-8-10-12-22(26)27/h7,9,13-14,18-21,24-25H,2,5-6,8,10-12,15-16H2,1,3-4H3,(H,26,27)/b9-7-,14-13+/t18-,19+,20-,21+/m0/s1. The first-order valence-corrected chi connectivity index (χ1v) is 10.3. The molecule has 0 bridgehead atoms. The Morgan fingerprint density at radius 3 is 2.67 bits per heavy atom. The fraction of sp³-hybridized carbons (Fsp3) is 0.696. The molecule has 1 rings (SSSR count). The molecule has 0 saturated heterocycles. The van der Waals surface area contributed by atoms with E-state index in [1.807, 2.05) is 18.2 Å². The lowest BCUT2D eigenvalue weighted by Gasteiger charge is -2.29. The van der Waals surface area contributed by atoms with Gasteiger partial charge in [-0.15, -0.1) is 0 Å². The van der Waals surface area contributed by atoms with Crippen LogP contribution in [0.1, 0.15) is 72.1 Å². The largest absolute Gasteiger partial charge is 0.481 e. The van der Waals surface area contributed by atoms with Crippen LogP contribution < -0.4 is 0 Å². The Morgan fingerprint density at radius 1 is 1.33 bits per heavy atom. The summed E-state index contributed by atoms with van der Waals surface area (Å²) in [6.45, 7) is 10.4. The number of aliphatic hydroxyl groups excluding tert-OH is 2. The van der Waals surface area contributed by atoms with E-state index in [9.17, 15) is 15.0 Å². The molecule has 4 heteroatoms. The molecule has 0 spiro atoms. The summed E-state index contributed by atoms with van der Waals surface area (Å²) in [7, 11) is 0. The first-order valence-electron chi connectivity index (χ1n) is 10.3. The van der Waals surface area contributed by atoms with Crippen molar-refractivity contribution in [3.63, 3.8) is 0 Å². The molecule has 0 radical (unpaired) electrons. The Bertz CT molecular complexity index is 532. The predicted molar refractivity (Wildman–Crippen MR) is 110 cm³/mol. The van der Waals surface area contributed by atoms with Gasteiger partial charge < -0.3 is 15.3 Å². The van der Waals surface area contributed by atoms with Gasteiger partial charge in [-0.2, -0.15) is 0 Å². The monoisotopic (exact) mass is 378 g/mol. The minimum absolute atomic E-state index is 0.0298. The van der Waals surface area contributed by atoms with Crippen molar-refractivity contribution in [1.82, 2.24) is 0 Å². The van der Waals surface area contributed by atoms with E-state index in [2.05, 4.69) is 33.4 Å². The van der Waals surface area contributed by atoms with Gasteiger partial charge in [0.05, 0.1) is 12.2 Å². The number of carboxylic acid groups (broad SMARTS) is 1. The highest BCUT2D eigenvalue weighted by Crippen LogP contribution is 2.40. The molecule has 0 aromatic heterocycles. The highest BCUT2D eigenvalue weighted by Gasteiger charge is 2.35. The summed E-state index contributed by atoms with van der Waals surface area (Å²) in [6, 6.07) is 0. The van der Waals surface area contributed by atoms with Gasteiger partial charge >= 0.3 is 5.97 Å². The van der Waals surface area contributed by atoms with E-state index in [4.69, 9.17) is 5.11 Å². The second kappa shape index (κ2) is 11.5. The van der Waals surface area contributed by atoms with Gasteiger partial charge in [-0.3, -0.25) is 4.79 Å². The molecule has 0 aromatic carbocycles. The van der Waals surface area contributed by atoms with E-state index in [1.165, 1.54) is 0 Å². The van der Waals surface area contributed by atoms with Crippen molar-refractivity contribution in [2.45, 2.75) is 84.3 Å². The number of aliphatic carboxylic acids is 1. The first kappa shape index (κ1) is 23.6. The van der Waals surface area contributed by atoms with Gasteiger partial charge in [-0.25, -0.2) is 0 Å². The third-order valence-electron chi connectivity index (χ3n) is 5.71. The lowest BCUT2D eigenvalue weighted by molar-refractivity contribution is -0.137. The van der Waals surface area contributed by atoms with Crippen LogP contribution in [0.5, 0.6) is 0 Å². The average molecular weight is 379 g/mol. The Morgan fingerprint density at radius 2 is 2.04 bits per heavy atom. The number of hydrogen-bond acceptors (Lipinski definition) is 3. The summed E-state index contributed by atoms with van der Waals surface area (Å²) in [6.07, 6.45) is 13.1. The van der Waals surface area contributed by atoms with Gasteiger partial charge in [0.15, 0.2) is 0 Å². The van der Waals surface area contributed by atoms with Crippen LogP contribution in [-0.2, 0) is 4.79 Å². The van der Waals surface area contributed by atoms with E-state index in [-0.39, 0.29) is 23.7 Å². The van der Waals surface area contributed by atoms with Crippen LogP contribution in [-0.4, -0.2) is 33.5 Å². The Hall–Kier alpha value is -1.39. The molecule has 27 heavy (non-hydrogen) atoms. The summed E-state index contributed by atoms with van der Waals surface area (Å²) < 4.78 is 0. The molecule has 3 N–H and O–H groups in total. The number of carboxylic acids is 1. The molecule has 4 nitrogen and oxygen atoms in total. The number of unbranched alkanes of at least 4 members (excludes halogenated alkanes) is 2. The van der Waals surface area contributed by atoms with Crippen molar-refractivity contribution in [2.75, 3.05) is 0 Å². The zero-order chi connectivity index (χ0) is 20.4. The van der Waals surface area contributed by atoms with Gasteiger partial charge in [0.1, 0.15) is 0 Å². The number of allylic oxidation sites excluding steroid dienone is 2.